The van der Waals surface area contributed by atoms with Gasteiger partial charge >= 0.3 is 5.97 Å². The first-order valence-electron chi connectivity index (χ1n) is 21.4. The molecule has 8 rings (SSSR count). The van der Waals surface area contributed by atoms with E-state index >= 15 is 0 Å². The number of nitrogens with two attached hydrogens (primary N) is 1. The van der Waals surface area contributed by atoms with Crippen LogP contribution in [-0.4, -0.2) is 65.8 Å². The molecular weight excluding hydrogens is 679 g/mol. The van der Waals surface area contributed by atoms with E-state index in [0.717, 1.165) is 82.5 Å². The molecule has 8 nitrogen and oxygen atoms in total. The highest BCUT2D eigenvalue weighted by atomic mass is 16.5. The van der Waals surface area contributed by atoms with Gasteiger partial charge in [0.15, 0.2) is 0 Å². The summed E-state index contributed by atoms with van der Waals surface area (Å²) >= 11 is 0. The Balaban J connectivity index is 0.000000200. The van der Waals surface area contributed by atoms with Gasteiger partial charge in [0.05, 0.1) is 30.3 Å². The lowest BCUT2D eigenvalue weighted by molar-refractivity contribution is -0.167. The Bertz CT molecular complexity index is 1260. The Morgan fingerprint density at radius 2 is 0.944 bits per heavy atom. The summed E-state index contributed by atoms with van der Waals surface area (Å²) < 4.78 is 10.6. The molecule has 0 saturated heterocycles. The van der Waals surface area contributed by atoms with Crippen LogP contribution in [0.1, 0.15) is 158 Å². The molecule has 0 aromatic carbocycles. The molecule has 1 amide bonds. The number of fused-ring (bicyclic) bond motifs is 10. The third-order valence-corrected chi connectivity index (χ3v) is 19.1. The summed E-state index contributed by atoms with van der Waals surface area (Å²) in [5.41, 5.74) is 5.28. The Hall–Kier alpha value is -1.22. The molecule has 8 fully saturated rings. The van der Waals surface area contributed by atoms with Crippen molar-refractivity contribution in [1.29, 1.82) is 0 Å². The van der Waals surface area contributed by atoms with E-state index in [4.69, 9.17) is 15.2 Å². The van der Waals surface area contributed by atoms with E-state index in [-0.39, 0.29) is 43.4 Å². The third kappa shape index (κ3) is 6.93. The minimum Gasteiger partial charge on any atom is -0.481 e. The Morgan fingerprint density at radius 3 is 1.33 bits per heavy atom. The molecule has 16 atom stereocenters. The molecule has 8 saturated carbocycles. The van der Waals surface area contributed by atoms with Gasteiger partial charge in [-0.25, -0.2) is 0 Å². The van der Waals surface area contributed by atoms with E-state index in [1.807, 2.05) is 0 Å². The van der Waals surface area contributed by atoms with Crippen LogP contribution < -0.4 is 5.73 Å². The van der Waals surface area contributed by atoms with E-state index in [9.17, 15) is 24.9 Å². The van der Waals surface area contributed by atoms with Crippen LogP contribution in [0.3, 0.4) is 0 Å². The minimum absolute atomic E-state index is 0. The molecule has 5 N–H and O–H groups in total. The number of carboxylic acids is 1. The van der Waals surface area contributed by atoms with Crippen LogP contribution in [-0.2, 0) is 19.1 Å². The van der Waals surface area contributed by atoms with Crippen molar-refractivity contribution in [3.8, 4) is 0 Å². The molecule has 0 radical (unpaired) electrons. The number of carboxylic acid groups (broad SMARTS) is 1. The van der Waals surface area contributed by atoms with Gasteiger partial charge in [-0.15, -0.1) is 0 Å². The van der Waals surface area contributed by atoms with E-state index in [1.54, 1.807) is 14.2 Å². The number of hydrogen-bond donors (Lipinski definition) is 4. The molecule has 8 aliphatic rings. The average molecular weight is 760 g/mol. The Kier molecular flexibility index (Phi) is 12.6. The summed E-state index contributed by atoms with van der Waals surface area (Å²) in [4.78, 5) is 23.8. The lowest BCUT2D eigenvalue weighted by atomic mass is 9.44. The van der Waals surface area contributed by atoms with Crippen LogP contribution >= 0.6 is 0 Å². The molecule has 8 heteroatoms. The van der Waals surface area contributed by atoms with Crippen LogP contribution in [0.5, 0.6) is 0 Å². The molecular formula is C46H81NO7. The number of carbonyl (C=O) groups is 2. The number of ether oxygens (including phenoxy) is 2. The molecule has 0 bridgehead atoms. The van der Waals surface area contributed by atoms with E-state index in [0.29, 0.717) is 59.6 Å². The Morgan fingerprint density at radius 1 is 0.556 bits per heavy atom. The van der Waals surface area contributed by atoms with E-state index in [1.165, 1.54) is 44.9 Å². The van der Waals surface area contributed by atoms with Gasteiger partial charge in [0.2, 0.25) is 5.91 Å². The van der Waals surface area contributed by atoms with Crippen LogP contribution in [0.4, 0.5) is 0 Å². The topological polar surface area (TPSA) is 139 Å². The van der Waals surface area contributed by atoms with Crippen molar-refractivity contribution in [2.24, 2.45) is 86.6 Å². The number of methoxy groups -OCH3 is 2. The first-order chi connectivity index (χ1) is 24.5. The second-order valence-electron chi connectivity index (χ2n) is 21.1. The van der Waals surface area contributed by atoms with Gasteiger partial charge in [-0.05, 0) is 185 Å². The van der Waals surface area contributed by atoms with Crippen LogP contribution in [0.2, 0.25) is 0 Å². The zero-order valence-electron chi connectivity index (χ0n) is 33.5. The zero-order chi connectivity index (χ0) is 37.5. The van der Waals surface area contributed by atoms with E-state index < -0.39 is 17.2 Å². The van der Waals surface area contributed by atoms with Crippen molar-refractivity contribution in [2.75, 3.05) is 27.4 Å². The van der Waals surface area contributed by atoms with Gasteiger partial charge in [0.25, 0.3) is 0 Å². The monoisotopic (exact) mass is 760 g/mol. The SMILES string of the molecule is C.C.COC[C@@]1(O)CC[C@@]2(C)[C@@H](CC[C@@H]3[C@@H]2CC[C@]2(C)[C@@H](C(=O)O)CC[C@@H]32)C1.COC[C@@]1(O)CC[C@@]2(C)[C@@H](CC[C@@H]3[C@@H]2CC[C@]2(C)[C@@H](C(N)=O)CC[C@@H]32)C1. The summed E-state index contributed by atoms with van der Waals surface area (Å²) in [5, 5.41) is 31.6. The number of amides is 1. The molecule has 8 aliphatic carbocycles. The largest absolute Gasteiger partial charge is 0.481 e. The summed E-state index contributed by atoms with van der Waals surface area (Å²) in [5.74, 6) is 4.61. The number of hydrogen-bond acceptors (Lipinski definition) is 6. The minimum atomic E-state index is -0.642. The molecule has 54 heavy (non-hydrogen) atoms. The lowest BCUT2D eigenvalue weighted by Gasteiger charge is -2.62. The van der Waals surface area contributed by atoms with Crippen LogP contribution in [0, 0.1) is 80.8 Å². The number of aliphatic carboxylic acids is 1. The predicted molar refractivity (Wildman–Crippen MR) is 214 cm³/mol. The number of primary amides is 1. The number of rotatable bonds is 6. The van der Waals surface area contributed by atoms with Crippen molar-refractivity contribution in [2.45, 2.75) is 169 Å². The fourth-order valence-electron chi connectivity index (χ4n) is 16.3. The van der Waals surface area contributed by atoms with Gasteiger partial charge in [0.1, 0.15) is 0 Å². The van der Waals surface area contributed by atoms with Gasteiger partial charge in [-0.3, -0.25) is 9.59 Å². The van der Waals surface area contributed by atoms with Crippen molar-refractivity contribution in [3.63, 3.8) is 0 Å². The van der Waals surface area contributed by atoms with Crippen molar-refractivity contribution < 1.29 is 34.4 Å². The van der Waals surface area contributed by atoms with Crippen molar-refractivity contribution >= 4 is 11.9 Å². The van der Waals surface area contributed by atoms with Gasteiger partial charge in [-0.1, -0.05) is 42.5 Å². The average Bonchev–Trinajstić information content (AvgIpc) is 3.63. The van der Waals surface area contributed by atoms with Gasteiger partial charge < -0.3 is 30.5 Å². The zero-order valence-corrected chi connectivity index (χ0v) is 33.5. The van der Waals surface area contributed by atoms with E-state index in [2.05, 4.69) is 27.7 Å². The highest BCUT2D eigenvalue weighted by Gasteiger charge is 2.64. The van der Waals surface area contributed by atoms with Crippen LogP contribution in [0.25, 0.3) is 0 Å². The molecule has 0 unspecified atom stereocenters. The Labute approximate surface area is 328 Å². The van der Waals surface area contributed by atoms with Crippen molar-refractivity contribution in [3.05, 3.63) is 0 Å². The molecule has 0 aromatic heterocycles. The maximum Gasteiger partial charge on any atom is 0.307 e. The fourth-order valence-corrected chi connectivity index (χ4v) is 16.3. The standard InChI is InChI=1S/C22H37NO3.C22H36O4.2CH4/c2*1-20-10-11-22(25,13-26-3)12-14(20)4-5-15-16-6-7-18(19(23)24)21(16,2)9-8-17(15)20;;/h14-18,25H,4-13H2,1-3H3,(H2,23,24);14-18,25H,4-13H2,1-3H3,(H,23,24);2*1H4/t2*14-,15-,16-,17-,18+,20-,21-,22+;;/m00../s1. The molecule has 0 aromatic rings. The normalized spacial score (nSPS) is 51.5. The lowest BCUT2D eigenvalue weighted by Crippen LogP contribution is -2.57. The highest BCUT2D eigenvalue weighted by Crippen LogP contribution is 2.69. The molecule has 0 aliphatic heterocycles. The third-order valence-electron chi connectivity index (χ3n) is 19.1. The second kappa shape index (κ2) is 15.5. The quantitative estimate of drug-likeness (QED) is 0.212. The first kappa shape index (κ1) is 43.9. The number of aliphatic hydroxyl groups is 2. The highest BCUT2D eigenvalue weighted by molar-refractivity contribution is 5.78. The van der Waals surface area contributed by atoms with Gasteiger partial charge in [-0.2, -0.15) is 0 Å². The summed E-state index contributed by atoms with van der Waals surface area (Å²) in [6, 6.07) is 0. The first-order valence-corrected chi connectivity index (χ1v) is 21.4. The smallest absolute Gasteiger partial charge is 0.307 e. The predicted octanol–water partition coefficient (Wildman–Crippen LogP) is 8.89. The maximum atomic E-state index is 12.0. The molecule has 312 valence electrons. The van der Waals surface area contributed by atoms with Crippen molar-refractivity contribution in [1.82, 2.24) is 0 Å². The molecule has 0 heterocycles. The van der Waals surface area contributed by atoms with Gasteiger partial charge in [0, 0.05) is 20.1 Å². The van der Waals surface area contributed by atoms with Crippen LogP contribution in [0.15, 0.2) is 0 Å². The maximum absolute atomic E-state index is 12.0. The molecule has 0 spiro atoms. The number of carbonyl (C=O) groups excluding carboxylic acids is 1. The second-order valence-corrected chi connectivity index (χ2v) is 21.1. The summed E-state index contributed by atoms with van der Waals surface area (Å²) in [6.07, 6.45) is 19.3. The summed E-state index contributed by atoms with van der Waals surface area (Å²) in [6.45, 7) is 10.5. The summed E-state index contributed by atoms with van der Waals surface area (Å²) in [7, 11) is 3.38. The fraction of sp³-hybridized carbons (Fsp3) is 0.957.